The molecule has 0 saturated carbocycles. The maximum atomic E-state index is 15.3. The van der Waals surface area contributed by atoms with Crippen LogP contribution in [0.3, 0.4) is 0 Å². The molecule has 0 atom stereocenters. The molecular formula is C20H52O9P2Si5. The number of carboxylic acid groups (broad SMARTS) is 1. The molecule has 0 aliphatic heterocycles. The smallest absolute Gasteiger partial charge is 0.354 e. The van der Waals surface area contributed by atoms with Crippen LogP contribution in [0.1, 0.15) is 19.3 Å². The lowest BCUT2D eigenvalue weighted by atomic mass is 10.2. The molecule has 0 fully saturated rings. The van der Waals surface area contributed by atoms with Gasteiger partial charge in [0.1, 0.15) is 0 Å². The highest BCUT2D eigenvalue weighted by atomic mass is 31.2. The van der Waals surface area contributed by atoms with Crippen LogP contribution >= 0.6 is 15.2 Å². The quantitative estimate of drug-likeness (QED) is 0.131. The van der Waals surface area contributed by atoms with Crippen molar-refractivity contribution >= 4 is 62.7 Å². The highest BCUT2D eigenvalue weighted by Gasteiger charge is 2.70. The Hall–Kier alpha value is 0.814. The fourth-order valence-corrected chi connectivity index (χ4v) is 25.3. The summed E-state index contributed by atoms with van der Waals surface area (Å²) in [4.78, 5) is 11.5. The molecule has 16 heteroatoms. The molecule has 0 aromatic carbocycles. The number of hydrogen-bond acceptors (Lipinski definition) is 8. The third kappa shape index (κ3) is 12.8. The Morgan fingerprint density at radius 1 is 0.611 bits per heavy atom. The van der Waals surface area contributed by atoms with Crippen LogP contribution in [0.25, 0.3) is 0 Å². The summed E-state index contributed by atoms with van der Waals surface area (Å²) in [7, 11) is -21.8. The molecular weight excluding hydrogens is 587 g/mol. The number of carboxylic acids is 1. The summed E-state index contributed by atoms with van der Waals surface area (Å²) >= 11 is 0. The van der Waals surface area contributed by atoms with Crippen LogP contribution in [-0.4, -0.2) is 57.7 Å². The zero-order valence-corrected chi connectivity index (χ0v) is 32.0. The molecule has 0 bridgehead atoms. The van der Waals surface area contributed by atoms with Crippen LogP contribution in [0, 0.1) is 0 Å². The average molecular weight is 639 g/mol. The SMILES string of the molecule is C[Si](C)(C)OC(CCCC(=O)O)(P(=O)(O[Si](C)(C)C)O[Si](C)(C)C)P(=O)(O[Si](C)(C)C)O[Si](C)(C)C. The molecule has 0 aliphatic carbocycles. The lowest BCUT2D eigenvalue weighted by Gasteiger charge is -2.50. The number of hydrogen-bond donors (Lipinski definition) is 1. The first-order valence-electron chi connectivity index (χ1n) is 12.4. The van der Waals surface area contributed by atoms with Crippen LogP contribution in [0.15, 0.2) is 0 Å². The predicted molar refractivity (Wildman–Crippen MR) is 162 cm³/mol. The Morgan fingerprint density at radius 3 is 1.08 bits per heavy atom. The molecule has 0 unspecified atom stereocenters. The molecule has 0 heterocycles. The van der Waals surface area contributed by atoms with Crippen molar-refractivity contribution in [1.29, 1.82) is 0 Å². The third-order valence-electron chi connectivity index (χ3n) is 3.79. The topological polar surface area (TPSA) is 118 Å². The molecule has 0 radical (unpaired) electrons. The van der Waals surface area contributed by atoms with E-state index >= 15 is 9.13 Å². The van der Waals surface area contributed by atoms with Crippen molar-refractivity contribution in [1.82, 2.24) is 0 Å². The summed E-state index contributed by atoms with van der Waals surface area (Å²) in [5.74, 6) is -1.02. The van der Waals surface area contributed by atoms with Crippen LogP contribution in [0.5, 0.6) is 0 Å². The van der Waals surface area contributed by atoms with Gasteiger partial charge in [-0.05, 0) is 111 Å². The van der Waals surface area contributed by atoms with E-state index in [1.807, 2.05) is 98.2 Å². The van der Waals surface area contributed by atoms with E-state index < -0.39 is 67.8 Å². The second-order valence-electron chi connectivity index (χ2n) is 14.0. The molecule has 1 N–H and O–H groups in total. The van der Waals surface area contributed by atoms with Crippen molar-refractivity contribution in [2.24, 2.45) is 0 Å². The van der Waals surface area contributed by atoms with E-state index in [-0.39, 0.29) is 19.3 Å². The maximum absolute atomic E-state index is 15.3. The highest BCUT2D eigenvalue weighted by Crippen LogP contribution is 2.82. The lowest BCUT2D eigenvalue weighted by molar-refractivity contribution is -0.137. The summed E-state index contributed by atoms with van der Waals surface area (Å²) in [5, 5.41) is 7.34. The first-order valence-corrected chi connectivity index (χ1v) is 32.5. The molecule has 36 heavy (non-hydrogen) atoms. The fourth-order valence-electron chi connectivity index (χ4n) is 3.31. The number of carbonyl (C=O) groups is 1. The van der Waals surface area contributed by atoms with Crippen LogP contribution < -0.4 is 0 Å². The molecule has 0 rings (SSSR count). The van der Waals surface area contributed by atoms with Gasteiger partial charge >= 0.3 is 21.2 Å². The summed E-state index contributed by atoms with van der Waals surface area (Å²) in [6, 6.07) is 0. The molecule has 0 aromatic rings. The van der Waals surface area contributed by atoms with E-state index in [9.17, 15) is 9.90 Å². The Labute approximate surface area is 225 Å². The first-order chi connectivity index (χ1) is 15.5. The minimum Gasteiger partial charge on any atom is -0.481 e. The van der Waals surface area contributed by atoms with Gasteiger partial charge in [-0.2, -0.15) is 0 Å². The minimum absolute atomic E-state index is 0.0437. The molecule has 0 aliphatic rings. The van der Waals surface area contributed by atoms with Gasteiger partial charge in [-0.15, -0.1) is 0 Å². The molecule has 216 valence electrons. The standard InChI is InChI=1S/C20H52O9P2Si5/c1-32(2,3)25-20(18-16-17-19(21)22,30(23,26-33(4,5)6)27-34(7,8)9)31(24,28-35(10,11)12)29-36(13,14)15/h16-18H2,1-15H3,(H,21,22). The zero-order chi connectivity index (χ0) is 29.2. The van der Waals surface area contributed by atoms with Gasteiger partial charge in [0, 0.05) is 6.42 Å². The third-order valence-corrected chi connectivity index (χ3v) is 21.5. The van der Waals surface area contributed by atoms with Gasteiger partial charge < -0.3 is 26.4 Å². The second kappa shape index (κ2) is 12.1. The largest absolute Gasteiger partial charge is 0.481 e. The average Bonchev–Trinajstić information content (AvgIpc) is 2.43. The Balaban J connectivity index is 7.82. The van der Waals surface area contributed by atoms with Gasteiger partial charge in [0.05, 0.1) is 0 Å². The van der Waals surface area contributed by atoms with E-state index in [4.69, 9.17) is 21.3 Å². The number of rotatable bonds is 16. The van der Waals surface area contributed by atoms with E-state index in [0.717, 1.165) is 0 Å². The van der Waals surface area contributed by atoms with E-state index in [1.54, 1.807) is 0 Å². The number of aliphatic carboxylic acids is 1. The van der Waals surface area contributed by atoms with E-state index in [1.165, 1.54) is 0 Å². The second-order valence-corrected chi connectivity index (χ2v) is 42.1. The van der Waals surface area contributed by atoms with Crippen LogP contribution in [0.4, 0.5) is 0 Å². The first kappa shape index (κ1) is 36.8. The maximum Gasteiger partial charge on any atom is 0.354 e. The van der Waals surface area contributed by atoms with Crippen molar-refractivity contribution in [2.75, 3.05) is 0 Å². The van der Waals surface area contributed by atoms with E-state index in [0.29, 0.717) is 0 Å². The monoisotopic (exact) mass is 638 g/mol. The summed E-state index contributed by atoms with van der Waals surface area (Å²) in [6.45, 7) is 28.3. The Kier molecular flexibility index (Phi) is 12.4. The minimum atomic E-state index is -4.38. The van der Waals surface area contributed by atoms with Crippen molar-refractivity contribution < 1.29 is 40.3 Å². The van der Waals surface area contributed by atoms with Crippen molar-refractivity contribution in [3.63, 3.8) is 0 Å². The molecule has 0 spiro atoms. The van der Waals surface area contributed by atoms with Crippen LogP contribution in [0.2, 0.25) is 98.2 Å². The van der Waals surface area contributed by atoms with Crippen molar-refractivity contribution in [3.8, 4) is 0 Å². The Morgan fingerprint density at radius 2 is 0.889 bits per heavy atom. The van der Waals surface area contributed by atoms with Crippen LogP contribution in [-0.2, 0) is 35.2 Å². The van der Waals surface area contributed by atoms with Gasteiger partial charge in [-0.25, -0.2) is 0 Å². The summed E-state index contributed by atoms with van der Waals surface area (Å²) in [6.07, 6.45) is -0.333. The molecule has 0 saturated heterocycles. The highest BCUT2D eigenvalue weighted by molar-refractivity contribution is 7.76. The van der Waals surface area contributed by atoms with Gasteiger partial charge in [0.25, 0.3) is 5.08 Å². The van der Waals surface area contributed by atoms with Crippen molar-refractivity contribution in [2.45, 2.75) is 123 Å². The van der Waals surface area contributed by atoms with Gasteiger partial charge in [-0.3, -0.25) is 13.9 Å². The van der Waals surface area contributed by atoms with Crippen molar-refractivity contribution in [3.05, 3.63) is 0 Å². The van der Waals surface area contributed by atoms with E-state index in [2.05, 4.69) is 0 Å². The lowest BCUT2D eigenvalue weighted by Crippen LogP contribution is -2.50. The normalized spacial score (nSPS) is 15.3. The summed E-state index contributed by atoms with van der Waals surface area (Å²) in [5.41, 5.74) is 0. The zero-order valence-electron chi connectivity index (χ0n) is 25.2. The molecule has 9 nitrogen and oxygen atoms in total. The molecule has 0 amide bonds. The fraction of sp³-hybridized carbons (Fsp3) is 0.950. The van der Waals surface area contributed by atoms with Gasteiger partial charge in [-0.1, -0.05) is 0 Å². The molecule has 0 aromatic heterocycles. The van der Waals surface area contributed by atoms with Gasteiger partial charge in [0.2, 0.25) is 0 Å². The van der Waals surface area contributed by atoms with Gasteiger partial charge in [0.15, 0.2) is 41.6 Å². The predicted octanol–water partition coefficient (Wildman–Crippen LogP) is 8.54. The Bertz CT molecular complexity index is 760. The summed E-state index contributed by atoms with van der Waals surface area (Å²) < 4.78 is 63.0.